The average molecular weight is 436 g/mol. The molecule has 3 aromatic rings. The molecule has 0 fully saturated rings. The van der Waals surface area contributed by atoms with Crippen molar-refractivity contribution in [2.75, 3.05) is 13.3 Å². The molecular weight excluding hydrogens is 415 g/mol. The van der Waals surface area contributed by atoms with E-state index in [1.165, 1.54) is 12.1 Å². The molecule has 8 heteroatoms. The van der Waals surface area contributed by atoms with E-state index in [9.17, 15) is 13.2 Å². The average Bonchev–Trinajstić information content (AvgIpc) is 2.90. The van der Waals surface area contributed by atoms with Crippen molar-refractivity contribution in [1.82, 2.24) is 14.5 Å². The number of pyridine rings is 1. The van der Waals surface area contributed by atoms with Gasteiger partial charge in [0.15, 0.2) is 0 Å². The van der Waals surface area contributed by atoms with Crippen molar-refractivity contribution >= 4 is 11.6 Å². The lowest BCUT2D eigenvalue weighted by Gasteiger charge is -2.14. The summed E-state index contributed by atoms with van der Waals surface area (Å²) in [7, 11) is 0. The quantitative estimate of drug-likeness (QED) is 0.525. The molecule has 4 rings (SSSR count). The predicted molar refractivity (Wildman–Crippen MR) is 110 cm³/mol. The van der Waals surface area contributed by atoms with Crippen LogP contribution in [0.5, 0.6) is 0 Å². The van der Waals surface area contributed by atoms with Crippen LogP contribution in [0.4, 0.5) is 13.2 Å². The summed E-state index contributed by atoms with van der Waals surface area (Å²) in [5.41, 5.74) is 4.68. The first kappa shape index (κ1) is 20.9. The summed E-state index contributed by atoms with van der Waals surface area (Å²) in [6.45, 7) is 3.87. The van der Waals surface area contributed by atoms with Gasteiger partial charge in [0.25, 0.3) is 6.43 Å². The molecular formula is C22H21ClF3N3O. The number of aryl methyl sites for hydroxylation is 2. The van der Waals surface area contributed by atoms with E-state index in [4.69, 9.17) is 21.3 Å². The Labute approximate surface area is 177 Å². The van der Waals surface area contributed by atoms with Crippen LogP contribution in [0, 0.1) is 13.8 Å². The zero-order valence-electron chi connectivity index (χ0n) is 16.6. The van der Waals surface area contributed by atoms with Crippen LogP contribution in [-0.2, 0) is 17.7 Å². The second-order valence-electron chi connectivity index (χ2n) is 7.41. The fourth-order valence-corrected chi connectivity index (χ4v) is 4.14. The van der Waals surface area contributed by atoms with Crippen LogP contribution in [0.25, 0.3) is 22.6 Å². The van der Waals surface area contributed by atoms with E-state index in [1.807, 2.05) is 30.5 Å². The van der Waals surface area contributed by atoms with E-state index in [-0.39, 0.29) is 17.1 Å². The first-order chi connectivity index (χ1) is 14.4. The van der Waals surface area contributed by atoms with Gasteiger partial charge in [-0.15, -0.1) is 0 Å². The summed E-state index contributed by atoms with van der Waals surface area (Å²) in [5, 5.41) is -0.0242. The monoisotopic (exact) mass is 435 g/mol. The smallest absolute Gasteiger partial charge is 0.265 e. The van der Waals surface area contributed by atoms with Crippen molar-refractivity contribution in [2.24, 2.45) is 0 Å². The Bertz CT molecular complexity index is 1060. The Kier molecular flexibility index (Phi) is 5.84. The number of alkyl halides is 3. The van der Waals surface area contributed by atoms with E-state index >= 15 is 0 Å². The van der Waals surface area contributed by atoms with Crippen LogP contribution in [-0.4, -0.2) is 33.9 Å². The minimum Gasteiger partial charge on any atom is -0.373 e. The third kappa shape index (κ3) is 3.96. The molecule has 30 heavy (non-hydrogen) atoms. The highest BCUT2D eigenvalue weighted by molar-refractivity contribution is 6.31. The number of rotatable bonds is 4. The van der Waals surface area contributed by atoms with Crippen molar-refractivity contribution in [3.8, 4) is 22.6 Å². The van der Waals surface area contributed by atoms with Gasteiger partial charge in [-0.25, -0.2) is 18.2 Å². The highest BCUT2D eigenvalue weighted by Crippen LogP contribution is 2.35. The van der Waals surface area contributed by atoms with Gasteiger partial charge in [0, 0.05) is 40.2 Å². The summed E-state index contributed by atoms with van der Waals surface area (Å²) >= 11 is 6.10. The number of imidazole rings is 1. The molecule has 1 aliphatic heterocycles. The molecule has 0 amide bonds. The molecule has 0 spiro atoms. The van der Waals surface area contributed by atoms with Crippen molar-refractivity contribution in [2.45, 2.75) is 39.3 Å². The maximum absolute atomic E-state index is 13.5. The lowest BCUT2D eigenvalue weighted by Crippen LogP contribution is -2.21. The number of aromatic nitrogens is 3. The summed E-state index contributed by atoms with van der Waals surface area (Å²) in [4.78, 5) is 9.27. The standard InChI is InChI=1S/C22H21ClF3N3O/c1-12-7-15(8-13(2)27-12)20-19-5-6-30-16(10-24)11-29(19)22(28-20)14-3-4-17(21(25)26)18(23)9-14/h3-4,7-9,16,21H,5-6,10-11H2,1-2H3/t16-/m1/s1. The minimum atomic E-state index is -2.66. The zero-order chi connectivity index (χ0) is 21.4. The maximum atomic E-state index is 13.5. The molecule has 1 aliphatic rings. The Morgan fingerprint density at radius 2 is 1.87 bits per heavy atom. The number of benzene rings is 1. The van der Waals surface area contributed by atoms with Gasteiger partial charge < -0.3 is 9.30 Å². The largest absolute Gasteiger partial charge is 0.373 e. The van der Waals surface area contributed by atoms with E-state index in [0.717, 1.165) is 28.3 Å². The van der Waals surface area contributed by atoms with Crippen molar-refractivity contribution in [3.05, 3.63) is 58.0 Å². The molecule has 4 nitrogen and oxygen atoms in total. The van der Waals surface area contributed by atoms with Gasteiger partial charge >= 0.3 is 0 Å². The predicted octanol–water partition coefficient (Wildman–Crippen LogP) is 5.73. The molecule has 158 valence electrons. The molecule has 1 aromatic carbocycles. The minimum absolute atomic E-state index is 0.0242. The van der Waals surface area contributed by atoms with Gasteiger partial charge in [0.1, 0.15) is 18.6 Å². The number of halogens is 4. The van der Waals surface area contributed by atoms with Crippen LogP contribution in [0.3, 0.4) is 0 Å². The summed E-state index contributed by atoms with van der Waals surface area (Å²) in [5.74, 6) is 0.554. The second-order valence-corrected chi connectivity index (χ2v) is 7.82. The van der Waals surface area contributed by atoms with E-state index in [1.54, 1.807) is 6.07 Å². The van der Waals surface area contributed by atoms with Gasteiger partial charge in [-0.3, -0.25) is 4.98 Å². The van der Waals surface area contributed by atoms with E-state index in [0.29, 0.717) is 24.4 Å². The van der Waals surface area contributed by atoms with Gasteiger partial charge in [-0.1, -0.05) is 23.7 Å². The maximum Gasteiger partial charge on any atom is 0.265 e. The Hall–Kier alpha value is -2.38. The lowest BCUT2D eigenvalue weighted by molar-refractivity contribution is 0.0355. The number of ether oxygens (including phenoxy) is 1. The third-order valence-corrected chi connectivity index (χ3v) is 5.50. The van der Waals surface area contributed by atoms with Crippen LogP contribution in [0.2, 0.25) is 5.02 Å². The molecule has 0 saturated carbocycles. The van der Waals surface area contributed by atoms with Crippen LogP contribution in [0.1, 0.15) is 29.1 Å². The molecule has 0 saturated heterocycles. The number of hydrogen-bond donors (Lipinski definition) is 0. The Balaban J connectivity index is 1.90. The highest BCUT2D eigenvalue weighted by Gasteiger charge is 2.26. The zero-order valence-corrected chi connectivity index (χ0v) is 17.4. The fraction of sp³-hybridized carbons (Fsp3) is 0.364. The van der Waals surface area contributed by atoms with Crippen LogP contribution < -0.4 is 0 Å². The number of nitrogens with zero attached hydrogens (tertiary/aromatic N) is 3. The van der Waals surface area contributed by atoms with Gasteiger partial charge in [0.05, 0.1) is 23.9 Å². The highest BCUT2D eigenvalue weighted by atomic mass is 35.5. The molecule has 0 N–H and O–H groups in total. The normalized spacial score (nSPS) is 16.6. The van der Waals surface area contributed by atoms with E-state index < -0.39 is 19.2 Å². The first-order valence-corrected chi connectivity index (χ1v) is 10.1. The number of fused-ring (bicyclic) bond motifs is 1. The third-order valence-electron chi connectivity index (χ3n) is 5.17. The first-order valence-electron chi connectivity index (χ1n) is 9.68. The molecule has 2 aromatic heterocycles. The SMILES string of the molecule is Cc1cc(-c2nc(-c3ccc(C(F)F)c(Cl)c3)n3c2CCO[C@H](CF)C3)cc(C)n1. The molecule has 3 heterocycles. The van der Waals surface area contributed by atoms with Crippen molar-refractivity contribution in [3.63, 3.8) is 0 Å². The number of hydrogen-bond acceptors (Lipinski definition) is 3. The summed E-state index contributed by atoms with van der Waals surface area (Å²) < 4.78 is 47.3. The molecule has 0 aliphatic carbocycles. The second kappa shape index (κ2) is 8.40. The van der Waals surface area contributed by atoms with Gasteiger partial charge in [0.2, 0.25) is 0 Å². The molecule has 0 bridgehead atoms. The molecule has 0 unspecified atom stereocenters. The lowest BCUT2D eigenvalue weighted by atomic mass is 10.1. The summed E-state index contributed by atoms with van der Waals surface area (Å²) in [6, 6.07) is 8.27. The van der Waals surface area contributed by atoms with Crippen LogP contribution in [0.15, 0.2) is 30.3 Å². The van der Waals surface area contributed by atoms with Gasteiger partial charge in [-0.2, -0.15) is 0 Å². The molecule has 1 atom stereocenters. The summed E-state index contributed by atoms with van der Waals surface area (Å²) in [6.07, 6.45) is -2.70. The topological polar surface area (TPSA) is 39.9 Å². The fourth-order valence-electron chi connectivity index (χ4n) is 3.87. The Morgan fingerprint density at radius 3 is 2.50 bits per heavy atom. The van der Waals surface area contributed by atoms with E-state index in [2.05, 4.69) is 4.98 Å². The van der Waals surface area contributed by atoms with Crippen molar-refractivity contribution in [1.29, 1.82) is 0 Å². The Morgan fingerprint density at radius 1 is 1.13 bits per heavy atom. The van der Waals surface area contributed by atoms with Crippen LogP contribution >= 0.6 is 11.6 Å². The molecule has 0 radical (unpaired) electrons. The van der Waals surface area contributed by atoms with Gasteiger partial charge in [-0.05, 0) is 32.0 Å². The van der Waals surface area contributed by atoms with Crippen molar-refractivity contribution < 1.29 is 17.9 Å².